The molecule has 3 aromatic heterocycles. The van der Waals surface area contributed by atoms with E-state index in [0.717, 1.165) is 35.2 Å². The lowest BCUT2D eigenvalue weighted by atomic mass is 10.0. The summed E-state index contributed by atoms with van der Waals surface area (Å²) in [7, 11) is 1.69. The van der Waals surface area contributed by atoms with Crippen molar-refractivity contribution >= 4 is 23.1 Å². The van der Waals surface area contributed by atoms with E-state index in [0.29, 0.717) is 30.2 Å². The molecule has 41 heavy (non-hydrogen) atoms. The van der Waals surface area contributed by atoms with Crippen LogP contribution in [0.15, 0.2) is 71.8 Å². The highest BCUT2D eigenvalue weighted by Gasteiger charge is 2.30. The maximum atomic E-state index is 14.0. The molecule has 1 saturated heterocycles. The molecule has 1 aliphatic heterocycles. The summed E-state index contributed by atoms with van der Waals surface area (Å²) in [5.74, 6) is -1.33. The van der Waals surface area contributed by atoms with Crippen LogP contribution < -0.4 is 5.69 Å². The average Bonchev–Trinajstić information content (AvgIpc) is 3.64. The van der Waals surface area contributed by atoms with Crippen molar-refractivity contribution in [2.45, 2.75) is 25.9 Å². The molecular formula is C30H28N6O5. The Morgan fingerprint density at radius 2 is 1.63 bits per heavy atom. The first-order valence-corrected chi connectivity index (χ1v) is 13.2. The number of carboxylic acids is 2. The van der Waals surface area contributed by atoms with Crippen molar-refractivity contribution in [1.29, 1.82) is 0 Å². The van der Waals surface area contributed by atoms with Crippen molar-refractivity contribution in [3.8, 4) is 16.8 Å². The van der Waals surface area contributed by atoms with Gasteiger partial charge >= 0.3 is 17.6 Å². The molecule has 1 aliphatic rings. The Kier molecular flexibility index (Phi) is 6.50. The Labute approximate surface area is 234 Å². The van der Waals surface area contributed by atoms with Crippen LogP contribution in [-0.2, 0) is 13.6 Å². The molecule has 1 atom stereocenters. The lowest BCUT2D eigenvalue weighted by Gasteiger charge is -2.16. The van der Waals surface area contributed by atoms with E-state index >= 15 is 0 Å². The number of pyridine rings is 1. The minimum Gasteiger partial charge on any atom is -0.478 e. The minimum absolute atomic E-state index is 0.104. The summed E-state index contributed by atoms with van der Waals surface area (Å²) in [6.45, 7) is 3.77. The fourth-order valence-electron chi connectivity index (χ4n) is 5.54. The van der Waals surface area contributed by atoms with Gasteiger partial charge in [-0.25, -0.2) is 24.4 Å². The molecule has 2 aromatic carbocycles. The number of likely N-dealkylation sites (tertiary alicyclic amines) is 1. The van der Waals surface area contributed by atoms with Crippen LogP contribution in [0.25, 0.3) is 28.0 Å². The Balaban J connectivity index is 1.31. The molecular weight excluding hydrogens is 524 g/mol. The van der Waals surface area contributed by atoms with Gasteiger partial charge in [0.25, 0.3) is 0 Å². The largest absolute Gasteiger partial charge is 0.478 e. The number of benzene rings is 2. The number of aromatic nitrogens is 5. The van der Waals surface area contributed by atoms with Crippen LogP contribution in [0.2, 0.25) is 0 Å². The summed E-state index contributed by atoms with van der Waals surface area (Å²) in [6.07, 6.45) is 3.88. The quantitative estimate of drug-likeness (QED) is 0.312. The number of hydrogen-bond donors (Lipinski definition) is 2. The number of aryl methyl sites for hydroxylation is 1. The average molecular weight is 553 g/mol. The second kappa shape index (κ2) is 10.2. The van der Waals surface area contributed by atoms with Crippen LogP contribution in [-0.4, -0.2) is 63.8 Å². The van der Waals surface area contributed by atoms with E-state index in [1.165, 1.54) is 6.20 Å². The third-order valence-corrected chi connectivity index (χ3v) is 7.72. The predicted molar refractivity (Wildman–Crippen MR) is 152 cm³/mol. The number of nitrogens with zero attached hydrogens (tertiary/aromatic N) is 6. The second-order valence-corrected chi connectivity index (χ2v) is 10.4. The molecule has 11 heteroatoms. The van der Waals surface area contributed by atoms with E-state index in [2.05, 4.69) is 14.9 Å². The number of fused-ring (bicyclic) bond motifs is 1. The summed E-state index contributed by atoms with van der Waals surface area (Å²) in [4.78, 5) is 47.7. The molecule has 0 radical (unpaired) electrons. The topological polar surface area (TPSA) is 135 Å². The van der Waals surface area contributed by atoms with Gasteiger partial charge in [-0.1, -0.05) is 24.3 Å². The highest BCUT2D eigenvalue weighted by molar-refractivity contribution is 5.88. The van der Waals surface area contributed by atoms with Crippen molar-refractivity contribution < 1.29 is 19.8 Å². The number of carbonyl (C=O) groups is 2. The SMILES string of the molecule is Cc1cnc2c(c1)n(-c1ccc(-c3ccc(C(=O)O)cc3)cc1)c(=O)n2[C@H]1CCN(Cc2ncc(C(=O)O)n2C)C1. The lowest BCUT2D eigenvalue weighted by molar-refractivity contribution is 0.0679. The molecule has 0 spiro atoms. The Bertz CT molecular complexity index is 1850. The van der Waals surface area contributed by atoms with E-state index in [1.807, 2.05) is 37.3 Å². The van der Waals surface area contributed by atoms with Crippen LogP contribution >= 0.6 is 0 Å². The molecule has 0 unspecified atom stereocenters. The van der Waals surface area contributed by atoms with Crippen molar-refractivity contribution in [3.05, 3.63) is 100 Å². The number of hydrogen-bond acceptors (Lipinski definition) is 6. The van der Waals surface area contributed by atoms with E-state index < -0.39 is 11.9 Å². The van der Waals surface area contributed by atoms with Gasteiger partial charge in [-0.05, 0) is 60.4 Å². The minimum atomic E-state index is -1.02. The van der Waals surface area contributed by atoms with E-state index in [-0.39, 0.29) is 23.0 Å². The summed E-state index contributed by atoms with van der Waals surface area (Å²) in [5, 5.41) is 18.5. The van der Waals surface area contributed by atoms with Crippen molar-refractivity contribution in [3.63, 3.8) is 0 Å². The van der Waals surface area contributed by atoms with E-state index in [1.54, 1.807) is 51.2 Å². The summed E-state index contributed by atoms with van der Waals surface area (Å²) < 4.78 is 5.05. The second-order valence-electron chi connectivity index (χ2n) is 10.4. The Morgan fingerprint density at radius 1 is 0.951 bits per heavy atom. The predicted octanol–water partition coefficient (Wildman–Crippen LogP) is 3.74. The molecule has 0 aliphatic carbocycles. The van der Waals surface area contributed by atoms with Crippen LogP contribution in [0.4, 0.5) is 0 Å². The van der Waals surface area contributed by atoms with Gasteiger partial charge in [0.15, 0.2) is 5.65 Å². The molecule has 4 heterocycles. The lowest BCUT2D eigenvalue weighted by Crippen LogP contribution is -2.29. The van der Waals surface area contributed by atoms with Crippen LogP contribution in [0, 0.1) is 6.92 Å². The fraction of sp³-hybridized carbons (Fsp3) is 0.233. The van der Waals surface area contributed by atoms with Crippen LogP contribution in [0.1, 0.15) is 44.7 Å². The molecule has 208 valence electrons. The molecule has 2 N–H and O–H groups in total. The zero-order valence-electron chi connectivity index (χ0n) is 22.6. The zero-order valence-corrected chi connectivity index (χ0v) is 22.6. The van der Waals surface area contributed by atoms with Crippen LogP contribution in [0.5, 0.6) is 0 Å². The monoisotopic (exact) mass is 552 g/mol. The maximum Gasteiger partial charge on any atom is 0.354 e. The first-order valence-electron chi connectivity index (χ1n) is 13.2. The molecule has 0 amide bonds. The molecule has 0 bridgehead atoms. The Morgan fingerprint density at radius 3 is 2.27 bits per heavy atom. The first-order chi connectivity index (χ1) is 19.7. The van der Waals surface area contributed by atoms with Crippen molar-refractivity contribution in [1.82, 2.24) is 28.6 Å². The first kappa shape index (κ1) is 26.2. The smallest absolute Gasteiger partial charge is 0.354 e. The van der Waals surface area contributed by atoms with Gasteiger partial charge in [-0.3, -0.25) is 14.0 Å². The standard InChI is InChI=1S/C30H28N6O5/c1-18-13-24-27(32-14-18)36(23-11-12-34(16-23)17-26-31-15-25(29(39)40)33(26)2)30(41)35(24)22-9-7-20(8-10-22)19-3-5-21(6-4-19)28(37)38/h3-10,13-15,23H,11-12,16-17H2,1-2H3,(H,37,38)(H,39,40)/t23-/m0/s1. The Hall–Kier alpha value is -5.03. The van der Waals surface area contributed by atoms with Gasteiger partial charge in [-0.2, -0.15) is 0 Å². The maximum absolute atomic E-state index is 14.0. The van der Waals surface area contributed by atoms with Crippen molar-refractivity contribution in [2.24, 2.45) is 7.05 Å². The van der Waals surface area contributed by atoms with E-state index in [4.69, 9.17) is 5.11 Å². The van der Waals surface area contributed by atoms with Gasteiger partial charge in [0, 0.05) is 26.3 Å². The number of aromatic carboxylic acids is 2. The van der Waals surface area contributed by atoms with Gasteiger partial charge < -0.3 is 14.8 Å². The third-order valence-electron chi connectivity index (χ3n) is 7.72. The zero-order chi connectivity index (χ0) is 28.8. The number of carboxylic acid groups (broad SMARTS) is 2. The summed E-state index contributed by atoms with van der Waals surface area (Å²) in [5.41, 5.74) is 4.96. The molecule has 6 rings (SSSR count). The van der Waals surface area contributed by atoms with Gasteiger partial charge in [0.2, 0.25) is 0 Å². The normalized spacial score (nSPS) is 15.5. The number of imidazole rings is 2. The van der Waals surface area contributed by atoms with Gasteiger partial charge in [-0.15, -0.1) is 0 Å². The summed E-state index contributed by atoms with van der Waals surface area (Å²) in [6, 6.07) is 16.1. The molecule has 11 nitrogen and oxygen atoms in total. The van der Waals surface area contributed by atoms with Gasteiger partial charge in [0.05, 0.1) is 35.6 Å². The van der Waals surface area contributed by atoms with Gasteiger partial charge in [0.1, 0.15) is 11.5 Å². The number of rotatable bonds is 7. The van der Waals surface area contributed by atoms with Crippen molar-refractivity contribution in [2.75, 3.05) is 13.1 Å². The van der Waals surface area contributed by atoms with Crippen LogP contribution in [0.3, 0.4) is 0 Å². The fourth-order valence-corrected chi connectivity index (χ4v) is 5.54. The molecule has 1 fully saturated rings. The summed E-state index contributed by atoms with van der Waals surface area (Å²) >= 11 is 0. The van der Waals surface area contributed by atoms with E-state index in [9.17, 15) is 19.5 Å². The molecule has 0 saturated carbocycles. The highest BCUT2D eigenvalue weighted by Crippen LogP contribution is 2.28. The third kappa shape index (κ3) is 4.70. The highest BCUT2D eigenvalue weighted by atomic mass is 16.4. The molecule has 5 aromatic rings.